The van der Waals surface area contributed by atoms with Gasteiger partial charge in [0.05, 0.1) is 5.69 Å². The highest BCUT2D eigenvalue weighted by Gasteiger charge is 2.16. The van der Waals surface area contributed by atoms with E-state index in [1.165, 1.54) is 28.9 Å². The summed E-state index contributed by atoms with van der Waals surface area (Å²) < 4.78 is 16.2. The minimum absolute atomic E-state index is 0.0220. The fraction of sp³-hybridized carbons (Fsp3) is 0.294. The van der Waals surface area contributed by atoms with Crippen LogP contribution < -0.4 is 15.9 Å². The molecule has 0 spiro atoms. The molecule has 1 N–H and O–H groups in total. The van der Waals surface area contributed by atoms with Crippen LogP contribution in [0.15, 0.2) is 35.4 Å². The molecule has 2 aromatic heterocycles. The lowest BCUT2D eigenvalue weighted by Crippen LogP contribution is -2.28. The fourth-order valence-corrected chi connectivity index (χ4v) is 2.82. The Morgan fingerprint density at radius 1 is 1.41 bits per heavy atom. The maximum absolute atomic E-state index is 13.8. The van der Waals surface area contributed by atoms with Gasteiger partial charge < -0.3 is 10.2 Å². The van der Waals surface area contributed by atoms with E-state index in [1.807, 2.05) is 18.9 Å². The summed E-state index contributed by atoms with van der Waals surface area (Å²) in [7, 11) is 1.85. The number of hydrogen-bond donors (Lipinski definition) is 1. The summed E-state index contributed by atoms with van der Waals surface area (Å²) in [6.07, 6.45) is 3.89. The van der Waals surface area contributed by atoms with E-state index >= 15 is 0 Å². The first-order valence-electron chi connectivity index (χ1n) is 8.31. The van der Waals surface area contributed by atoms with Crippen LogP contribution in [0.4, 0.5) is 15.9 Å². The number of carbonyl (C=O) groups excluding carboxylic acids is 1. The van der Waals surface area contributed by atoms with Crippen LogP contribution >= 0.6 is 11.6 Å². The third-order valence-electron chi connectivity index (χ3n) is 3.90. The van der Waals surface area contributed by atoms with E-state index in [0.29, 0.717) is 11.5 Å². The molecule has 10 heteroatoms. The number of nitrogens with zero attached hydrogens (tertiary/aromatic N) is 5. The number of carbonyl (C=O) groups is 1. The molecule has 0 fully saturated rings. The molecule has 0 atom stereocenters. The molecule has 27 heavy (non-hydrogen) atoms. The number of aromatic nitrogens is 4. The van der Waals surface area contributed by atoms with Crippen LogP contribution in [-0.4, -0.2) is 38.7 Å². The minimum Gasteiger partial charge on any atom is -0.357 e. The highest BCUT2D eigenvalue weighted by molar-refractivity contribution is 6.30. The van der Waals surface area contributed by atoms with E-state index in [1.54, 1.807) is 0 Å². The summed E-state index contributed by atoms with van der Waals surface area (Å²) >= 11 is 5.69. The van der Waals surface area contributed by atoms with Gasteiger partial charge in [0.25, 0.3) is 0 Å². The molecule has 0 bridgehead atoms. The van der Waals surface area contributed by atoms with Crippen molar-refractivity contribution >= 4 is 34.7 Å². The Balaban J connectivity index is 1.86. The summed E-state index contributed by atoms with van der Waals surface area (Å²) in [5, 5.41) is 6.85. The molecule has 3 aromatic rings. The van der Waals surface area contributed by atoms with Crippen molar-refractivity contribution in [2.45, 2.75) is 19.9 Å². The van der Waals surface area contributed by atoms with Gasteiger partial charge in [-0.2, -0.15) is 0 Å². The lowest BCUT2D eigenvalue weighted by molar-refractivity contribution is -0.117. The number of hydrogen-bond acceptors (Lipinski definition) is 5. The first-order valence-corrected chi connectivity index (χ1v) is 8.68. The maximum Gasteiger partial charge on any atom is 0.350 e. The molecule has 1 aromatic carbocycles. The molecular formula is C17H18ClFN6O2. The second kappa shape index (κ2) is 7.75. The topological polar surface area (TPSA) is 84.5 Å². The van der Waals surface area contributed by atoms with Crippen LogP contribution in [0, 0.1) is 5.82 Å². The quantitative estimate of drug-likeness (QED) is 0.695. The number of halogens is 2. The van der Waals surface area contributed by atoms with Gasteiger partial charge in [0, 0.05) is 31.0 Å². The van der Waals surface area contributed by atoms with Crippen LogP contribution in [0.25, 0.3) is 5.65 Å². The van der Waals surface area contributed by atoms with Crippen LogP contribution in [0.3, 0.4) is 0 Å². The average molecular weight is 393 g/mol. The molecule has 0 aliphatic carbocycles. The van der Waals surface area contributed by atoms with E-state index in [9.17, 15) is 14.0 Å². The van der Waals surface area contributed by atoms with Gasteiger partial charge in [-0.15, -0.1) is 5.10 Å². The van der Waals surface area contributed by atoms with Gasteiger partial charge in [-0.25, -0.2) is 23.3 Å². The molecule has 0 saturated carbocycles. The van der Waals surface area contributed by atoms with E-state index < -0.39 is 17.4 Å². The van der Waals surface area contributed by atoms with E-state index in [2.05, 4.69) is 15.4 Å². The third kappa shape index (κ3) is 3.92. The molecule has 2 heterocycles. The Morgan fingerprint density at radius 3 is 2.89 bits per heavy atom. The summed E-state index contributed by atoms with van der Waals surface area (Å²) in [5.74, 6) is -0.705. The van der Waals surface area contributed by atoms with Crippen molar-refractivity contribution in [1.29, 1.82) is 0 Å². The molecule has 1 amide bonds. The molecule has 0 aliphatic heterocycles. The highest BCUT2D eigenvalue weighted by atomic mass is 35.5. The van der Waals surface area contributed by atoms with Crippen molar-refractivity contribution in [3.8, 4) is 0 Å². The molecule has 0 saturated heterocycles. The highest BCUT2D eigenvalue weighted by Crippen LogP contribution is 2.19. The van der Waals surface area contributed by atoms with Gasteiger partial charge in [0.2, 0.25) is 11.6 Å². The Bertz CT molecular complexity index is 1050. The van der Waals surface area contributed by atoms with Gasteiger partial charge in [0.1, 0.15) is 12.4 Å². The lowest BCUT2D eigenvalue weighted by atomic mass is 10.3. The second-order valence-electron chi connectivity index (χ2n) is 5.98. The first kappa shape index (κ1) is 18.8. The van der Waals surface area contributed by atoms with Gasteiger partial charge >= 0.3 is 5.69 Å². The van der Waals surface area contributed by atoms with Crippen LogP contribution in [-0.2, 0) is 11.3 Å². The zero-order valence-corrected chi connectivity index (χ0v) is 15.6. The maximum atomic E-state index is 13.8. The van der Waals surface area contributed by atoms with E-state index in [4.69, 9.17) is 11.6 Å². The summed E-state index contributed by atoms with van der Waals surface area (Å²) in [5.41, 5.74) is -0.152. The first-order chi connectivity index (χ1) is 12.9. The number of nitrogens with one attached hydrogen (secondary N) is 1. The van der Waals surface area contributed by atoms with Crippen molar-refractivity contribution in [3.05, 3.63) is 51.9 Å². The van der Waals surface area contributed by atoms with Gasteiger partial charge in [0.15, 0.2) is 5.82 Å². The summed E-state index contributed by atoms with van der Waals surface area (Å²) in [4.78, 5) is 30.9. The molecular weight excluding hydrogens is 375 g/mol. The predicted octanol–water partition coefficient (Wildman–Crippen LogP) is 2.17. The molecule has 8 nitrogen and oxygen atoms in total. The molecule has 3 rings (SSSR count). The van der Waals surface area contributed by atoms with Gasteiger partial charge in [-0.3, -0.25) is 4.79 Å². The predicted molar refractivity (Wildman–Crippen MR) is 101 cm³/mol. The Hall–Kier alpha value is -2.94. The number of fused-ring (bicyclic) bond motifs is 1. The van der Waals surface area contributed by atoms with Crippen molar-refractivity contribution in [2.75, 3.05) is 23.8 Å². The zero-order valence-electron chi connectivity index (χ0n) is 14.8. The van der Waals surface area contributed by atoms with E-state index in [0.717, 1.165) is 23.7 Å². The number of anilines is 2. The smallest absolute Gasteiger partial charge is 0.350 e. The van der Waals surface area contributed by atoms with E-state index in [-0.39, 0.29) is 17.3 Å². The standard InChI is InChI=1S/C17H18ClFN6O2/c1-3-7-23(2)15-16-22-25(17(27)24(16)8-6-20-15)10-14(26)21-13-5-4-11(18)9-12(13)19/h4-6,8-9H,3,7,10H2,1-2H3,(H,21,26). The Kier molecular flexibility index (Phi) is 5.41. The average Bonchev–Trinajstić information content (AvgIpc) is 2.93. The minimum atomic E-state index is -0.661. The van der Waals surface area contributed by atoms with Crippen LogP contribution in [0.2, 0.25) is 5.02 Å². The second-order valence-corrected chi connectivity index (χ2v) is 6.42. The van der Waals surface area contributed by atoms with Gasteiger partial charge in [-0.05, 0) is 24.6 Å². The third-order valence-corrected chi connectivity index (χ3v) is 4.14. The monoisotopic (exact) mass is 392 g/mol. The molecule has 0 radical (unpaired) electrons. The molecule has 0 unspecified atom stereocenters. The van der Waals surface area contributed by atoms with Crippen molar-refractivity contribution < 1.29 is 9.18 Å². The molecule has 0 aliphatic rings. The number of rotatable bonds is 6. The van der Waals surface area contributed by atoms with Crippen LogP contribution in [0.5, 0.6) is 0 Å². The largest absolute Gasteiger partial charge is 0.357 e. The Morgan fingerprint density at radius 2 is 2.19 bits per heavy atom. The number of benzene rings is 1. The summed E-state index contributed by atoms with van der Waals surface area (Å²) in [6.45, 7) is 2.41. The normalized spacial score (nSPS) is 11.0. The Labute approximate surface area is 159 Å². The number of amides is 1. The van der Waals surface area contributed by atoms with Crippen LogP contribution in [0.1, 0.15) is 13.3 Å². The molecule has 142 valence electrons. The fourth-order valence-electron chi connectivity index (χ4n) is 2.67. The van der Waals surface area contributed by atoms with Crippen molar-refractivity contribution in [1.82, 2.24) is 19.2 Å². The summed E-state index contributed by atoms with van der Waals surface area (Å²) in [6, 6.07) is 3.90. The SMILES string of the molecule is CCCN(C)c1nccn2c(=O)n(CC(=O)Nc3ccc(Cl)cc3F)nc12. The zero-order chi connectivity index (χ0) is 19.6. The van der Waals surface area contributed by atoms with Crippen molar-refractivity contribution in [3.63, 3.8) is 0 Å². The van der Waals surface area contributed by atoms with Crippen molar-refractivity contribution in [2.24, 2.45) is 0 Å². The van der Waals surface area contributed by atoms with Gasteiger partial charge in [-0.1, -0.05) is 18.5 Å². The lowest BCUT2D eigenvalue weighted by Gasteiger charge is -2.16.